The molecule has 0 saturated carbocycles. The Labute approximate surface area is 115 Å². The van der Waals surface area contributed by atoms with E-state index in [1.54, 1.807) is 19.1 Å². The number of rotatable bonds is 4. The van der Waals surface area contributed by atoms with Crippen LogP contribution in [0.1, 0.15) is 22.2 Å². The maximum absolute atomic E-state index is 12.1. The van der Waals surface area contributed by atoms with E-state index in [4.69, 9.17) is 16.3 Å². The Bertz CT molecular complexity index is 562. The third kappa shape index (κ3) is 2.92. The van der Waals surface area contributed by atoms with Crippen molar-refractivity contribution >= 4 is 28.7 Å². The van der Waals surface area contributed by atoms with Gasteiger partial charge in [-0.1, -0.05) is 29.8 Å². The van der Waals surface area contributed by atoms with Crippen molar-refractivity contribution in [3.63, 3.8) is 0 Å². The second kappa shape index (κ2) is 5.55. The summed E-state index contributed by atoms with van der Waals surface area (Å²) < 4.78 is 6.30. The predicted octanol–water partition coefficient (Wildman–Crippen LogP) is 4.36. The molecular weight excluding hydrogens is 268 g/mol. The molecule has 1 aromatic carbocycles. The molecule has 0 N–H and O–H groups in total. The molecule has 2 aromatic rings. The number of carbonyl (C=O) groups excluding carboxylic acids is 1. The molecule has 0 aliphatic carbocycles. The van der Waals surface area contributed by atoms with E-state index in [-0.39, 0.29) is 5.78 Å². The van der Waals surface area contributed by atoms with Crippen LogP contribution < -0.4 is 4.74 Å². The summed E-state index contributed by atoms with van der Waals surface area (Å²) >= 11 is 7.09. The first-order valence-electron chi connectivity index (χ1n) is 5.60. The molecule has 1 unspecified atom stereocenters. The molecule has 0 amide bonds. The van der Waals surface area contributed by atoms with Gasteiger partial charge in [-0.2, -0.15) is 0 Å². The van der Waals surface area contributed by atoms with Crippen LogP contribution in [-0.4, -0.2) is 11.9 Å². The monoisotopic (exact) mass is 280 g/mol. The summed E-state index contributed by atoms with van der Waals surface area (Å²) in [5.74, 6) is 0.691. The number of para-hydroxylation sites is 1. The summed E-state index contributed by atoms with van der Waals surface area (Å²) in [6.45, 7) is 3.71. The molecule has 0 radical (unpaired) electrons. The van der Waals surface area contributed by atoms with Crippen LogP contribution in [-0.2, 0) is 0 Å². The molecule has 0 spiro atoms. The third-order valence-electron chi connectivity index (χ3n) is 2.58. The van der Waals surface area contributed by atoms with Gasteiger partial charge in [0, 0.05) is 0 Å². The van der Waals surface area contributed by atoms with Gasteiger partial charge in [0.1, 0.15) is 5.75 Å². The molecule has 0 saturated heterocycles. The van der Waals surface area contributed by atoms with E-state index >= 15 is 0 Å². The Kier molecular flexibility index (Phi) is 4.04. The van der Waals surface area contributed by atoms with Gasteiger partial charge in [0.2, 0.25) is 5.78 Å². The van der Waals surface area contributed by atoms with Gasteiger partial charge in [-0.15, -0.1) is 11.3 Å². The van der Waals surface area contributed by atoms with E-state index < -0.39 is 6.10 Å². The molecule has 0 bridgehead atoms. The van der Waals surface area contributed by atoms with Crippen molar-refractivity contribution in [2.75, 3.05) is 0 Å². The quantitative estimate of drug-likeness (QED) is 0.778. The lowest BCUT2D eigenvalue weighted by Crippen LogP contribution is -2.23. The Balaban J connectivity index is 2.11. The first-order valence-corrected chi connectivity index (χ1v) is 6.79. The molecule has 94 valence electrons. The number of hydrogen-bond acceptors (Lipinski definition) is 3. The van der Waals surface area contributed by atoms with Gasteiger partial charge >= 0.3 is 0 Å². The molecule has 2 rings (SSSR count). The van der Waals surface area contributed by atoms with Crippen LogP contribution in [0.4, 0.5) is 0 Å². The highest BCUT2D eigenvalue weighted by atomic mass is 35.5. The zero-order valence-corrected chi connectivity index (χ0v) is 11.7. The minimum absolute atomic E-state index is 0.0462. The Morgan fingerprint density at radius 3 is 2.61 bits per heavy atom. The summed E-state index contributed by atoms with van der Waals surface area (Å²) in [5.41, 5.74) is 1.02. The Morgan fingerprint density at radius 1 is 1.28 bits per heavy atom. The third-order valence-corrected chi connectivity index (χ3v) is 3.83. The molecule has 0 aliphatic rings. The van der Waals surface area contributed by atoms with Gasteiger partial charge in [-0.25, -0.2) is 0 Å². The van der Waals surface area contributed by atoms with Crippen LogP contribution in [0.5, 0.6) is 5.75 Å². The first kappa shape index (κ1) is 13.1. The minimum atomic E-state index is -0.513. The van der Waals surface area contributed by atoms with Crippen molar-refractivity contribution in [3.8, 4) is 5.75 Å². The molecule has 1 heterocycles. The standard InChI is InChI=1S/C14H13ClO2S/c1-9-5-3-4-6-11(9)17-10(2)14(16)12-7-8-13(15)18-12/h3-8,10H,1-2H3. The fraction of sp³-hybridized carbons (Fsp3) is 0.214. The van der Waals surface area contributed by atoms with Gasteiger partial charge in [0.05, 0.1) is 9.21 Å². The number of hydrogen-bond donors (Lipinski definition) is 0. The van der Waals surface area contributed by atoms with Gasteiger partial charge in [-0.05, 0) is 37.6 Å². The molecule has 4 heteroatoms. The number of thiophene rings is 1. The normalized spacial score (nSPS) is 12.2. The van der Waals surface area contributed by atoms with Gasteiger partial charge < -0.3 is 4.74 Å². The maximum atomic E-state index is 12.1. The SMILES string of the molecule is Cc1ccccc1OC(C)C(=O)c1ccc(Cl)s1. The lowest BCUT2D eigenvalue weighted by molar-refractivity contribution is 0.0821. The molecule has 1 atom stereocenters. The molecule has 0 aliphatic heterocycles. The van der Waals surface area contributed by atoms with Crippen LogP contribution in [0, 0.1) is 6.92 Å². The largest absolute Gasteiger partial charge is 0.482 e. The molecule has 0 fully saturated rings. The van der Waals surface area contributed by atoms with Crippen LogP contribution in [0.25, 0.3) is 0 Å². The van der Waals surface area contributed by atoms with Crippen molar-refractivity contribution in [1.82, 2.24) is 0 Å². The number of aryl methyl sites for hydroxylation is 1. The van der Waals surface area contributed by atoms with Crippen LogP contribution in [0.2, 0.25) is 4.34 Å². The molecule has 18 heavy (non-hydrogen) atoms. The van der Waals surface area contributed by atoms with Crippen LogP contribution in [0.3, 0.4) is 0 Å². The van der Waals surface area contributed by atoms with Crippen molar-refractivity contribution in [1.29, 1.82) is 0 Å². The van der Waals surface area contributed by atoms with E-state index in [0.29, 0.717) is 9.21 Å². The fourth-order valence-corrected chi connectivity index (χ4v) is 2.64. The number of halogens is 1. The van der Waals surface area contributed by atoms with Crippen molar-refractivity contribution in [3.05, 3.63) is 51.2 Å². The number of carbonyl (C=O) groups is 1. The predicted molar refractivity (Wildman–Crippen MR) is 74.9 cm³/mol. The fourth-order valence-electron chi connectivity index (χ4n) is 1.58. The average Bonchev–Trinajstić information content (AvgIpc) is 2.78. The first-order chi connectivity index (χ1) is 8.58. The second-order valence-corrected chi connectivity index (χ2v) is 5.71. The van der Waals surface area contributed by atoms with Gasteiger partial charge in [-0.3, -0.25) is 4.79 Å². The van der Waals surface area contributed by atoms with E-state index in [2.05, 4.69) is 0 Å². The summed E-state index contributed by atoms with van der Waals surface area (Å²) in [4.78, 5) is 12.7. The van der Waals surface area contributed by atoms with Crippen LogP contribution in [0.15, 0.2) is 36.4 Å². The topological polar surface area (TPSA) is 26.3 Å². The number of Topliss-reactive ketones (excluding diaryl/α,β-unsaturated/α-hetero) is 1. The number of ether oxygens (including phenoxy) is 1. The molecule has 1 aromatic heterocycles. The zero-order chi connectivity index (χ0) is 13.1. The average molecular weight is 281 g/mol. The van der Waals surface area contributed by atoms with E-state index in [1.165, 1.54) is 11.3 Å². The summed E-state index contributed by atoms with van der Waals surface area (Å²) in [5, 5.41) is 0. The summed E-state index contributed by atoms with van der Waals surface area (Å²) in [6.07, 6.45) is -0.513. The highest BCUT2D eigenvalue weighted by Gasteiger charge is 2.19. The minimum Gasteiger partial charge on any atom is -0.482 e. The van der Waals surface area contributed by atoms with Gasteiger partial charge in [0.25, 0.3) is 0 Å². The van der Waals surface area contributed by atoms with Crippen molar-refractivity contribution < 1.29 is 9.53 Å². The van der Waals surface area contributed by atoms with Crippen LogP contribution >= 0.6 is 22.9 Å². The van der Waals surface area contributed by atoms with Crippen molar-refractivity contribution in [2.45, 2.75) is 20.0 Å². The van der Waals surface area contributed by atoms with E-state index in [9.17, 15) is 4.79 Å². The summed E-state index contributed by atoms with van der Waals surface area (Å²) in [6, 6.07) is 11.1. The highest BCUT2D eigenvalue weighted by molar-refractivity contribution is 7.18. The highest BCUT2D eigenvalue weighted by Crippen LogP contribution is 2.24. The lowest BCUT2D eigenvalue weighted by Gasteiger charge is -2.14. The maximum Gasteiger partial charge on any atom is 0.212 e. The van der Waals surface area contributed by atoms with Crippen molar-refractivity contribution in [2.24, 2.45) is 0 Å². The molecule has 2 nitrogen and oxygen atoms in total. The lowest BCUT2D eigenvalue weighted by atomic mass is 10.2. The summed E-state index contributed by atoms with van der Waals surface area (Å²) in [7, 11) is 0. The van der Waals surface area contributed by atoms with E-state index in [0.717, 1.165) is 11.3 Å². The smallest absolute Gasteiger partial charge is 0.212 e. The number of ketones is 1. The van der Waals surface area contributed by atoms with Gasteiger partial charge in [0.15, 0.2) is 6.10 Å². The zero-order valence-electron chi connectivity index (χ0n) is 10.1. The Morgan fingerprint density at radius 2 is 2.00 bits per heavy atom. The number of benzene rings is 1. The second-order valence-electron chi connectivity index (χ2n) is 3.99. The van der Waals surface area contributed by atoms with E-state index in [1.807, 2.05) is 31.2 Å². The Hall–Kier alpha value is -1.32. The molecular formula is C14H13ClO2S.